The minimum atomic E-state index is -1.95. The van der Waals surface area contributed by atoms with Gasteiger partial charge in [0.1, 0.15) is 66.5 Å². The highest BCUT2D eigenvalue weighted by Gasteiger charge is 2.46. The van der Waals surface area contributed by atoms with E-state index >= 15 is 0 Å². The van der Waals surface area contributed by atoms with E-state index in [4.69, 9.17) is 17.2 Å². The third kappa shape index (κ3) is 25.2. The van der Waals surface area contributed by atoms with E-state index in [1.165, 1.54) is 35.3 Å². The molecule has 2 saturated heterocycles. The second kappa shape index (κ2) is 40.6. The summed E-state index contributed by atoms with van der Waals surface area (Å²) in [6.07, 6.45) is 3.22. The van der Waals surface area contributed by atoms with Gasteiger partial charge in [-0.2, -0.15) is 0 Å². The number of hydrogen-bond acceptors (Lipinski definition) is 19. The first kappa shape index (κ1) is 82.1. The Morgan fingerprint density at radius 1 is 0.743 bits per heavy atom. The summed E-state index contributed by atoms with van der Waals surface area (Å²) in [5.74, 6) is -15.3. The van der Waals surface area contributed by atoms with Crippen molar-refractivity contribution in [1.82, 2.24) is 68.0 Å². The van der Waals surface area contributed by atoms with Crippen LogP contribution in [0.4, 0.5) is 0 Å². The van der Waals surface area contributed by atoms with Crippen molar-refractivity contribution in [1.29, 1.82) is 0 Å². The lowest BCUT2D eigenvalue weighted by Gasteiger charge is -2.33. The van der Waals surface area contributed by atoms with Crippen molar-refractivity contribution in [3.05, 3.63) is 79.4 Å². The van der Waals surface area contributed by atoms with Gasteiger partial charge in [0.15, 0.2) is 0 Å². The van der Waals surface area contributed by atoms with Gasteiger partial charge in [-0.25, -0.2) is 4.98 Å². The Balaban J connectivity index is 1.52. The number of carboxylic acid groups (broad SMARTS) is 2. The molecule has 33 nitrogen and oxygen atoms in total. The molecular formula is C67H99N17O16S. The largest absolute Gasteiger partial charge is 0.481 e. The predicted octanol–water partition coefficient (Wildman–Crippen LogP) is -1.89. The molecule has 16 atom stereocenters. The molecule has 0 aliphatic carbocycles. The number of carbonyl (C=O) groups is 14. The summed E-state index contributed by atoms with van der Waals surface area (Å²) in [4.78, 5) is 209. The lowest BCUT2D eigenvalue weighted by atomic mass is 9.95. The van der Waals surface area contributed by atoms with E-state index in [2.05, 4.69) is 81.3 Å². The molecule has 34 heteroatoms. The average molecular weight is 1430 g/mol. The summed E-state index contributed by atoms with van der Waals surface area (Å²) in [5.41, 5.74) is 18.6. The van der Waals surface area contributed by atoms with E-state index in [-0.39, 0.29) is 94.7 Å². The number of H-pyrrole nitrogens is 1. The molecule has 4 heterocycles. The van der Waals surface area contributed by atoms with Crippen LogP contribution in [0.25, 0.3) is 0 Å². The Bertz CT molecular complexity index is 3300. The number of aromatic nitrogens is 2. The van der Waals surface area contributed by atoms with Gasteiger partial charge in [-0.15, -0.1) is 24.9 Å². The highest BCUT2D eigenvalue weighted by molar-refractivity contribution is 8.14. The molecule has 12 amide bonds. The molecular weight excluding hydrogens is 1330 g/mol. The molecule has 3 aliphatic heterocycles. The second-order valence-corrected chi connectivity index (χ2v) is 26.9. The van der Waals surface area contributed by atoms with Crippen LogP contribution in [-0.2, 0) is 80.0 Å². The summed E-state index contributed by atoms with van der Waals surface area (Å²) >= 11 is 1.33. The number of nitrogens with zero attached hydrogens (tertiary/aromatic N) is 3. The summed E-state index contributed by atoms with van der Waals surface area (Å²) in [6.45, 7) is 15.9. The summed E-state index contributed by atoms with van der Waals surface area (Å²) in [6, 6.07) is -9.17. The van der Waals surface area contributed by atoms with Crippen LogP contribution >= 0.6 is 11.8 Å². The molecule has 101 heavy (non-hydrogen) atoms. The van der Waals surface area contributed by atoms with E-state index in [9.17, 15) is 77.3 Å². The average Bonchev–Trinajstić information content (AvgIpc) is 1.67. The second-order valence-electron chi connectivity index (χ2n) is 25.8. The van der Waals surface area contributed by atoms with Gasteiger partial charge in [-0.1, -0.05) is 76.6 Å². The fourth-order valence-electron chi connectivity index (χ4n) is 11.8. The Morgan fingerprint density at radius 3 is 1.98 bits per heavy atom. The maximum absolute atomic E-state index is 15.0. The van der Waals surface area contributed by atoms with Gasteiger partial charge in [0.05, 0.1) is 35.9 Å². The Labute approximate surface area is 590 Å². The number of carbonyl (C=O) groups excluding carboxylic acids is 12. The van der Waals surface area contributed by atoms with Crippen molar-refractivity contribution in [3.63, 3.8) is 0 Å². The molecule has 16 unspecified atom stereocenters. The van der Waals surface area contributed by atoms with Gasteiger partial charge in [-0.3, -0.25) is 72.1 Å². The minimum absolute atomic E-state index is 0.00457. The lowest BCUT2D eigenvalue weighted by Crippen LogP contribution is -2.62. The van der Waals surface area contributed by atoms with Gasteiger partial charge in [0, 0.05) is 43.8 Å². The van der Waals surface area contributed by atoms with Gasteiger partial charge < -0.3 is 90.5 Å². The summed E-state index contributed by atoms with van der Waals surface area (Å²) < 4.78 is 0. The third-order valence-corrected chi connectivity index (χ3v) is 19.0. The first-order valence-corrected chi connectivity index (χ1v) is 34.9. The number of aromatic amines is 1. The van der Waals surface area contributed by atoms with Gasteiger partial charge in [0.2, 0.25) is 70.9 Å². The molecule has 2 aromatic rings. The molecule has 0 saturated carbocycles. The van der Waals surface area contributed by atoms with Crippen molar-refractivity contribution in [2.24, 2.45) is 39.9 Å². The van der Waals surface area contributed by atoms with Crippen molar-refractivity contribution in [3.8, 4) is 0 Å². The summed E-state index contributed by atoms with van der Waals surface area (Å²) in [5, 5.41) is 46.6. The quantitative estimate of drug-likeness (QED) is 0.0380. The van der Waals surface area contributed by atoms with Crippen LogP contribution in [0.2, 0.25) is 0 Å². The lowest BCUT2D eigenvalue weighted by molar-refractivity contribution is -0.144. The number of allylic oxidation sites excluding steroid dienone is 2. The number of likely N-dealkylation sites (tertiary alicyclic amines) is 1. The zero-order chi connectivity index (χ0) is 74.6. The number of amides is 12. The molecule has 3 aliphatic rings. The van der Waals surface area contributed by atoms with Crippen LogP contribution in [0, 0.1) is 17.8 Å². The first-order valence-electron chi connectivity index (χ1n) is 33.9. The molecule has 0 spiro atoms. The molecule has 1 aromatic heterocycles. The summed E-state index contributed by atoms with van der Waals surface area (Å²) in [7, 11) is 0. The topological polar surface area (TPSA) is 522 Å². The fourth-order valence-corrected chi connectivity index (χ4v) is 13.0. The highest BCUT2D eigenvalue weighted by atomic mass is 32.2. The molecule has 0 bridgehead atoms. The first-order chi connectivity index (χ1) is 48.0. The van der Waals surface area contributed by atoms with E-state index in [1.54, 1.807) is 64.1 Å². The number of nitrogens with two attached hydrogens (primary N) is 3. The van der Waals surface area contributed by atoms with Gasteiger partial charge >= 0.3 is 11.9 Å². The molecule has 554 valence electrons. The minimum Gasteiger partial charge on any atom is -0.481 e. The van der Waals surface area contributed by atoms with Crippen LogP contribution in [0.15, 0.2) is 73.2 Å². The van der Waals surface area contributed by atoms with Crippen molar-refractivity contribution in [2.75, 3.05) is 18.8 Å². The maximum atomic E-state index is 15.0. The van der Waals surface area contributed by atoms with Gasteiger partial charge in [-0.05, 0) is 94.6 Å². The number of benzene rings is 1. The SMILES string of the molecule is C=CCC(C)C(N)C1=NC(C(=O)NC2CC(C)N(C(CCC(=O)O)C(=O)NC(C(=O)NC3CCCCNC(=O)C(CC(N)=O)NC(=O)C(CC(=O)O)NC(=O)C(Cc4c[nH]cn4)NC(=O)C(Cc4ccccc4)NC(=O)C(C(C)CC=C)NC(=O)C(CCCN)NC3=O)C(C)CC)C2=O)CS1. The van der Waals surface area contributed by atoms with Crippen LogP contribution in [0.5, 0.6) is 0 Å². The fraction of sp³-hybridized carbons (Fsp3) is 0.582. The highest BCUT2D eigenvalue weighted by Crippen LogP contribution is 2.28. The predicted molar refractivity (Wildman–Crippen MR) is 372 cm³/mol. The van der Waals surface area contributed by atoms with E-state index in [1.807, 2.05) is 6.92 Å². The van der Waals surface area contributed by atoms with Crippen LogP contribution < -0.4 is 70.4 Å². The Kier molecular flexibility index (Phi) is 33.0. The number of hydrogen-bond donors (Lipinski definition) is 16. The number of aliphatic imine (C=N–C) groups is 1. The molecule has 19 N–H and O–H groups in total. The molecule has 0 radical (unpaired) electrons. The number of rotatable bonds is 30. The van der Waals surface area contributed by atoms with E-state index < -0.39 is 199 Å². The number of primary amides is 1. The number of thioether (sulfide) groups is 1. The van der Waals surface area contributed by atoms with Crippen molar-refractivity contribution in [2.45, 2.75) is 209 Å². The Hall–Kier alpha value is -9.57. The normalized spacial score (nSPS) is 24.9. The number of imidazole rings is 1. The van der Waals surface area contributed by atoms with Crippen molar-refractivity contribution >= 4 is 99.6 Å². The van der Waals surface area contributed by atoms with Crippen LogP contribution in [0.1, 0.15) is 129 Å². The van der Waals surface area contributed by atoms with E-state index in [0.29, 0.717) is 17.0 Å². The van der Waals surface area contributed by atoms with Crippen LogP contribution in [-0.4, -0.2) is 210 Å². The maximum Gasteiger partial charge on any atom is 0.305 e. The zero-order valence-corrected chi connectivity index (χ0v) is 58.5. The zero-order valence-electron chi connectivity index (χ0n) is 57.7. The standard InChI is InChI=1S/C67H99N17O16S/c1-8-17-36(5)53(70)66-81-48(33-101-66)62(96)80-47-27-38(7)84(67(47)100)49(23-24-51(86)87)63(97)83-54(35(4)10-3)64(98)75-41-21-14-15-26-72-56(90)45(30-50(69)85)77-61(95)46(31-52(88)89)78-60(94)44(29-40-32-71-34-73-40)76-59(93)43(28-39-19-12-11-13-20-39)79-65(99)55(37(6)18-9-2)82-58(92)42(22-16-25-68)74-57(41)91/h8-9,11-13,19-20,32,34-38,41-49,53-55H,1-2,10,14-18,21-31,33,68,70H2,3-7H3,(H2,69,85)(H,71,73)(H,72,90)(H,74,91)(H,75,98)(H,76,93)(H,77,95)(H,78,94)(H,79,99)(H,80,96)(H,82,92)(H,83,97)(H,86,87)(H,88,89). The van der Waals surface area contributed by atoms with Crippen molar-refractivity contribution < 1.29 is 77.3 Å². The molecule has 5 rings (SSSR count). The van der Waals surface area contributed by atoms with E-state index in [0.717, 1.165) is 0 Å². The number of aliphatic carboxylic acids is 2. The smallest absolute Gasteiger partial charge is 0.305 e. The number of nitrogens with one attached hydrogen (secondary N) is 11. The molecule has 2 fully saturated rings. The van der Waals surface area contributed by atoms with Gasteiger partial charge in [0.25, 0.3) is 0 Å². The third-order valence-electron chi connectivity index (χ3n) is 17.8. The molecule has 1 aromatic carbocycles. The Morgan fingerprint density at radius 2 is 1.37 bits per heavy atom. The number of carboxylic acids is 2. The monoisotopic (exact) mass is 1430 g/mol. The van der Waals surface area contributed by atoms with Crippen LogP contribution in [0.3, 0.4) is 0 Å².